The maximum absolute atomic E-state index is 10.3. The molecular formula is C12H22O2. The summed E-state index contributed by atoms with van der Waals surface area (Å²) < 4.78 is 5.12. The molecule has 82 valence electrons. The van der Waals surface area contributed by atoms with Crippen LogP contribution in [0, 0.1) is 17.8 Å². The van der Waals surface area contributed by atoms with Crippen LogP contribution in [-0.4, -0.2) is 24.4 Å². The molecule has 0 radical (unpaired) electrons. The third-order valence-corrected chi connectivity index (χ3v) is 4.28. The van der Waals surface area contributed by atoms with E-state index in [1.165, 1.54) is 32.1 Å². The van der Waals surface area contributed by atoms with E-state index in [0.717, 1.165) is 11.8 Å². The van der Waals surface area contributed by atoms with Crippen LogP contribution in [0.4, 0.5) is 0 Å². The van der Waals surface area contributed by atoms with Gasteiger partial charge in [0.2, 0.25) is 0 Å². The van der Waals surface area contributed by atoms with Gasteiger partial charge >= 0.3 is 0 Å². The summed E-state index contributed by atoms with van der Waals surface area (Å²) in [6, 6.07) is 0. The molecule has 0 aromatic rings. The molecule has 2 bridgehead atoms. The van der Waals surface area contributed by atoms with E-state index in [1.807, 2.05) is 6.92 Å². The quantitative estimate of drug-likeness (QED) is 0.753. The van der Waals surface area contributed by atoms with Crippen molar-refractivity contribution < 1.29 is 9.84 Å². The fourth-order valence-electron chi connectivity index (χ4n) is 3.54. The van der Waals surface area contributed by atoms with Crippen LogP contribution < -0.4 is 0 Å². The molecule has 0 saturated heterocycles. The first-order chi connectivity index (χ1) is 6.63. The summed E-state index contributed by atoms with van der Waals surface area (Å²) in [6.07, 6.45) is 6.67. The lowest BCUT2D eigenvalue weighted by atomic mass is 9.60. The number of rotatable bonds is 3. The van der Waals surface area contributed by atoms with E-state index in [0.29, 0.717) is 12.5 Å². The van der Waals surface area contributed by atoms with Crippen LogP contribution in [-0.2, 0) is 4.74 Å². The number of aliphatic hydroxyl groups is 1. The normalized spacial score (nSPS) is 40.9. The van der Waals surface area contributed by atoms with Crippen molar-refractivity contribution in [3.8, 4) is 0 Å². The lowest BCUT2D eigenvalue weighted by molar-refractivity contribution is -0.109. The molecule has 2 unspecified atom stereocenters. The lowest BCUT2D eigenvalue weighted by Crippen LogP contribution is -2.48. The second kappa shape index (κ2) is 3.82. The Morgan fingerprint density at radius 1 is 1.29 bits per heavy atom. The van der Waals surface area contributed by atoms with Crippen molar-refractivity contribution in [1.82, 2.24) is 0 Å². The molecule has 0 aliphatic heterocycles. The van der Waals surface area contributed by atoms with Gasteiger partial charge in [0.1, 0.15) is 0 Å². The predicted molar refractivity (Wildman–Crippen MR) is 56.1 cm³/mol. The smallest absolute Gasteiger partial charge is 0.0882 e. The standard InChI is InChI=1S/C12H22O2/c1-12(13,8-14-2)11-7-9-3-5-10(11)6-4-9/h9-11,13H,3-8H2,1-2H3. The summed E-state index contributed by atoms with van der Waals surface area (Å²) in [5.74, 6) is 2.12. The molecule has 3 aliphatic carbocycles. The van der Waals surface area contributed by atoms with Gasteiger partial charge in [-0.05, 0) is 43.9 Å². The number of ether oxygens (including phenoxy) is 1. The molecule has 0 heterocycles. The van der Waals surface area contributed by atoms with Crippen molar-refractivity contribution in [2.24, 2.45) is 17.8 Å². The summed E-state index contributed by atoms with van der Waals surface area (Å²) in [4.78, 5) is 0. The van der Waals surface area contributed by atoms with Crippen LogP contribution in [0.5, 0.6) is 0 Å². The van der Waals surface area contributed by atoms with Gasteiger partial charge in [-0.15, -0.1) is 0 Å². The molecular weight excluding hydrogens is 176 g/mol. The van der Waals surface area contributed by atoms with E-state index in [-0.39, 0.29) is 0 Å². The third-order valence-electron chi connectivity index (χ3n) is 4.28. The Labute approximate surface area is 86.6 Å². The molecule has 3 aliphatic rings. The maximum Gasteiger partial charge on any atom is 0.0882 e. The van der Waals surface area contributed by atoms with E-state index in [2.05, 4.69) is 0 Å². The molecule has 2 atom stereocenters. The second-order valence-electron chi connectivity index (χ2n) is 5.41. The molecule has 0 aromatic carbocycles. The van der Waals surface area contributed by atoms with Crippen LogP contribution in [0.25, 0.3) is 0 Å². The van der Waals surface area contributed by atoms with Crippen molar-refractivity contribution in [2.75, 3.05) is 13.7 Å². The average molecular weight is 198 g/mol. The maximum atomic E-state index is 10.3. The van der Waals surface area contributed by atoms with Crippen molar-refractivity contribution >= 4 is 0 Å². The Kier molecular flexibility index (Phi) is 2.85. The minimum absolute atomic E-state index is 0.481. The van der Waals surface area contributed by atoms with Gasteiger partial charge in [0, 0.05) is 7.11 Å². The largest absolute Gasteiger partial charge is 0.387 e. The fourth-order valence-corrected chi connectivity index (χ4v) is 3.54. The summed E-state index contributed by atoms with van der Waals surface area (Å²) in [5.41, 5.74) is -0.599. The molecule has 2 heteroatoms. The Hall–Kier alpha value is -0.0800. The van der Waals surface area contributed by atoms with E-state index in [1.54, 1.807) is 7.11 Å². The molecule has 0 aromatic heterocycles. The summed E-state index contributed by atoms with van der Waals surface area (Å²) >= 11 is 0. The van der Waals surface area contributed by atoms with Crippen molar-refractivity contribution in [2.45, 2.75) is 44.6 Å². The molecule has 3 rings (SSSR count). The number of hydrogen-bond acceptors (Lipinski definition) is 2. The van der Waals surface area contributed by atoms with Crippen molar-refractivity contribution in [3.05, 3.63) is 0 Å². The van der Waals surface area contributed by atoms with Crippen LogP contribution in [0.3, 0.4) is 0 Å². The zero-order valence-corrected chi connectivity index (χ0v) is 9.33. The summed E-state index contributed by atoms with van der Waals surface area (Å²) in [7, 11) is 1.68. The number of hydrogen-bond donors (Lipinski definition) is 1. The van der Waals surface area contributed by atoms with Gasteiger partial charge in [-0.1, -0.05) is 12.8 Å². The lowest BCUT2D eigenvalue weighted by Gasteiger charge is -2.48. The molecule has 0 amide bonds. The first-order valence-corrected chi connectivity index (χ1v) is 5.85. The molecule has 0 spiro atoms. The van der Waals surface area contributed by atoms with Gasteiger partial charge in [0.05, 0.1) is 12.2 Å². The highest BCUT2D eigenvalue weighted by Crippen LogP contribution is 2.48. The first-order valence-electron chi connectivity index (χ1n) is 5.85. The van der Waals surface area contributed by atoms with Crippen LogP contribution in [0.1, 0.15) is 39.0 Å². The van der Waals surface area contributed by atoms with Crippen LogP contribution in [0.15, 0.2) is 0 Å². The average Bonchev–Trinajstić information content (AvgIpc) is 2.19. The topological polar surface area (TPSA) is 29.5 Å². The van der Waals surface area contributed by atoms with E-state index >= 15 is 0 Å². The van der Waals surface area contributed by atoms with Crippen molar-refractivity contribution in [1.29, 1.82) is 0 Å². The SMILES string of the molecule is COCC(C)(O)C1CC2CCC1CC2. The predicted octanol–water partition coefficient (Wildman–Crippen LogP) is 2.21. The minimum Gasteiger partial charge on any atom is -0.387 e. The van der Waals surface area contributed by atoms with E-state index in [4.69, 9.17) is 4.74 Å². The van der Waals surface area contributed by atoms with Crippen molar-refractivity contribution in [3.63, 3.8) is 0 Å². The monoisotopic (exact) mass is 198 g/mol. The molecule has 2 nitrogen and oxygen atoms in total. The summed E-state index contributed by atoms with van der Waals surface area (Å²) in [6.45, 7) is 2.43. The van der Waals surface area contributed by atoms with Gasteiger partial charge in [-0.25, -0.2) is 0 Å². The van der Waals surface area contributed by atoms with E-state index in [9.17, 15) is 5.11 Å². The highest BCUT2D eigenvalue weighted by molar-refractivity contribution is 4.95. The Bertz CT molecular complexity index is 192. The van der Waals surface area contributed by atoms with Crippen LogP contribution >= 0.6 is 0 Å². The Morgan fingerprint density at radius 2 is 1.93 bits per heavy atom. The van der Waals surface area contributed by atoms with Gasteiger partial charge < -0.3 is 9.84 Å². The highest BCUT2D eigenvalue weighted by Gasteiger charge is 2.44. The fraction of sp³-hybridized carbons (Fsp3) is 1.00. The van der Waals surface area contributed by atoms with Gasteiger partial charge in [0.25, 0.3) is 0 Å². The van der Waals surface area contributed by atoms with Gasteiger partial charge in [-0.3, -0.25) is 0 Å². The Morgan fingerprint density at radius 3 is 2.36 bits per heavy atom. The number of methoxy groups -OCH3 is 1. The van der Waals surface area contributed by atoms with Gasteiger partial charge in [-0.2, -0.15) is 0 Å². The zero-order valence-electron chi connectivity index (χ0n) is 9.33. The summed E-state index contributed by atoms with van der Waals surface area (Å²) in [5, 5.41) is 10.3. The molecule has 1 N–H and O–H groups in total. The Balaban J connectivity index is 2.03. The minimum atomic E-state index is -0.599. The molecule has 14 heavy (non-hydrogen) atoms. The molecule has 3 fully saturated rings. The highest BCUT2D eigenvalue weighted by atomic mass is 16.5. The van der Waals surface area contributed by atoms with E-state index < -0.39 is 5.60 Å². The number of fused-ring (bicyclic) bond motifs is 3. The third kappa shape index (κ3) is 1.82. The first kappa shape index (κ1) is 10.4. The second-order valence-corrected chi connectivity index (χ2v) is 5.41. The zero-order chi connectivity index (χ0) is 10.2. The van der Waals surface area contributed by atoms with Gasteiger partial charge in [0.15, 0.2) is 0 Å². The van der Waals surface area contributed by atoms with Crippen LogP contribution in [0.2, 0.25) is 0 Å². The molecule has 3 saturated carbocycles.